The lowest BCUT2D eigenvalue weighted by molar-refractivity contribution is 0.414. The summed E-state index contributed by atoms with van der Waals surface area (Å²) in [4.78, 5) is 0. The zero-order chi connectivity index (χ0) is 15.2. The number of nitrogens with two attached hydrogens (primary N) is 1. The van der Waals surface area contributed by atoms with Crippen molar-refractivity contribution in [1.82, 2.24) is 0 Å². The molecule has 0 aromatic heterocycles. The van der Waals surface area contributed by atoms with E-state index in [2.05, 4.69) is 0 Å². The van der Waals surface area contributed by atoms with Crippen molar-refractivity contribution in [1.29, 1.82) is 0 Å². The highest BCUT2D eigenvalue weighted by Crippen LogP contribution is 2.17. The number of hydrogen-bond donors (Lipinski definition) is 1. The smallest absolute Gasteiger partial charge is 0.152 e. The van der Waals surface area contributed by atoms with Crippen molar-refractivity contribution in [2.45, 2.75) is 31.9 Å². The lowest BCUT2D eigenvalue weighted by atomic mass is 9.97. The van der Waals surface area contributed by atoms with Gasteiger partial charge in [0, 0.05) is 0 Å². The lowest BCUT2D eigenvalue weighted by Crippen LogP contribution is -2.24. The topological polar surface area (TPSA) is 69.4 Å². The average molecular weight is 299 g/mol. The highest BCUT2D eigenvalue weighted by Gasteiger charge is 2.18. The van der Waals surface area contributed by atoms with Gasteiger partial charge in [-0.1, -0.05) is 12.1 Å². The van der Waals surface area contributed by atoms with E-state index in [0.717, 1.165) is 17.7 Å². The molecule has 1 aromatic rings. The van der Waals surface area contributed by atoms with Crippen LogP contribution in [0.3, 0.4) is 0 Å². The fourth-order valence-electron chi connectivity index (χ4n) is 1.96. The number of benzene rings is 1. The molecule has 0 saturated carbocycles. The van der Waals surface area contributed by atoms with E-state index in [4.69, 9.17) is 10.5 Å². The standard InChI is InChI=1S/C15H25NO3S/c1-12(2)20(17,18)9-8-14(11-16)10-13-4-6-15(19-3)7-5-13/h4-7,12,14H,8-11,16H2,1-3H3. The minimum Gasteiger partial charge on any atom is -0.497 e. The van der Waals surface area contributed by atoms with Crippen molar-refractivity contribution in [3.63, 3.8) is 0 Å². The number of sulfone groups is 1. The molecule has 1 unspecified atom stereocenters. The number of methoxy groups -OCH3 is 1. The van der Waals surface area contributed by atoms with Crippen LogP contribution >= 0.6 is 0 Å². The van der Waals surface area contributed by atoms with Gasteiger partial charge in [0.2, 0.25) is 0 Å². The maximum atomic E-state index is 11.8. The molecule has 0 aliphatic rings. The van der Waals surface area contributed by atoms with Gasteiger partial charge in [-0.25, -0.2) is 8.42 Å². The molecule has 0 spiro atoms. The Morgan fingerprint density at radius 1 is 1.20 bits per heavy atom. The Kier molecular flexibility index (Phi) is 6.49. The SMILES string of the molecule is COc1ccc(CC(CN)CCS(=O)(=O)C(C)C)cc1. The van der Waals surface area contributed by atoms with Crippen molar-refractivity contribution < 1.29 is 13.2 Å². The van der Waals surface area contributed by atoms with Gasteiger partial charge < -0.3 is 10.5 Å². The Balaban J connectivity index is 2.58. The molecule has 0 fully saturated rings. The third kappa shape index (κ3) is 5.13. The molecule has 0 aliphatic carbocycles. The number of rotatable bonds is 8. The van der Waals surface area contributed by atoms with E-state index in [9.17, 15) is 8.42 Å². The second-order valence-electron chi connectivity index (χ2n) is 5.36. The molecule has 2 N–H and O–H groups in total. The zero-order valence-corrected chi connectivity index (χ0v) is 13.3. The van der Waals surface area contributed by atoms with Gasteiger partial charge in [-0.15, -0.1) is 0 Å². The highest BCUT2D eigenvalue weighted by molar-refractivity contribution is 7.91. The van der Waals surface area contributed by atoms with E-state index >= 15 is 0 Å². The minimum absolute atomic E-state index is 0.192. The lowest BCUT2D eigenvalue weighted by Gasteiger charge is -2.16. The van der Waals surface area contributed by atoms with Crippen molar-refractivity contribution in [2.24, 2.45) is 11.7 Å². The molecule has 4 nitrogen and oxygen atoms in total. The maximum Gasteiger partial charge on any atom is 0.152 e. The van der Waals surface area contributed by atoms with Crippen molar-refractivity contribution in [3.05, 3.63) is 29.8 Å². The molecule has 5 heteroatoms. The molecule has 1 rings (SSSR count). The second kappa shape index (κ2) is 7.64. The monoisotopic (exact) mass is 299 g/mol. The Labute approximate surface area is 122 Å². The van der Waals surface area contributed by atoms with Gasteiger partial charge in [-0.3, -0.25) is 0 Å². The summed E-state index contributed by atoms with van der Waals surface area (Å²) in [6.45, 7) is 3.94. The van der Waals surface area contributed by atoms with Crippen molar-refractivity contribution in [3.8, 4) is 5.75 Å². The van der Waals surface area contributed by atoms with Gasteiger partial charge >= 0.3 is 0 Å². The number of hydrogen-bond acceptors (Lipinski definition) is 4. The molecule has 0 heterocycles. The quantitative estimate of drug-likeness (QED) is 0.797. The summed E-state index contributed by atoms with van der Waals surface area (Å²) in [6, 6.07) is 7.82. The summed E-state index contributed by atoms with van der Waals surface area (Å²) < 4.78 is 28.8. The van der Waals surface area contributed by atoms with E-state index in [1.807, 2.05) is 24.3 Å². The highest BCUT2D eigenvalue weighted by atomic mass is 32.2. The summed E-state index contributed by atoms with van der Waals surface area (Å²) in [5, 5.41) is -0.318. The van der Waals surface area contributed by atoms with Gasteiger partial charge in [0.1, 0.15) is 5.75 Å². The predicted molar refractivity (Wildman–Crippen MR) is 82.8 cm³/mol. The molecule has 0 radical (unpaired) electrons. The van der Waals surface area contributed by atoms with Gasteiger partial charge in [0.05, 0.1) is 18.1 Å². The van der Waals surface area contributed by atoms with E-state index in [1.165, 1.54) is 0 Å². The van der Waals surface area contributed by atoms with E-state index in [1.54, 1.807) is 21.0 Å². The Morgan fingerprint density at radius 3 is 2.25 bits per heavy atom. The molecule has 1 aromatic carbocycles. The summed E-state index contributed by atoms with van der Waals surface area (Å²) >= 11 is 0. The molecular formula is C15H25NO3S. The summed E-state index contributed by atoms with van der Waals surface area (Å²) in [7, 11) is -1.35. The van der Waals surface area contributed by atoms with Gasteiger partial charge in [0.15, 0.2) is 9.84 Å². The van der Waals surface area contributed by atoms with Crippen LogP contribution in [0.25, 0.3) is 0 Å². The van der Waals surface area contributed by atoms with Gasteiger partial charge in [0.25, 0.3) is 0 Å². The fraction of sp³-hybridized carbons (Fsp3) is 0.600. The molecule has 0 bridgehead atoms. The van der Waals surface area contributed by atoms with Crippen LogP contribution < -0.4 is 10.5 Å². The first kappa shape index (κ1) is 17.0. The molecule has 1 atom stereocenters. The zero-order valence-electron chi connectivity index (χ0n) is 12.5. The van der Waals surface area contributed by atoms with E-state index < -0.39 is 9.84 Å². The third-order valence-electron chi connectivity index (χ3n) is 3.55. The first-order chi connectivity index (χ1) is 9.39. The predicted octanol–water partition coefficient (Wildman–Crippen LogP) is 2.03. The van der Waals surface area contributed by atoms with Crippen LogP contribution in [0.5, 0.6) is 5.75 Å². The average Bonchev–Trinajstić information content (AvgIpc) is 2.44. The van der Waals surface area contributed by atoms with Gasteiger partial charge in [-0.2, -0.15) is 0 Å². The van der Waals surface area contributed by atoms with Crippen LogP contribution in [0.15, 0.2) is 24.3 Å². The second-order valence-corrected chi connectivity index (χ2v) is 8.04. The van der Waals surface area contributed by atoms with Crippen LogP contribution in [0.2, 0.25) is 0 Å². The molecule has 20 heavy (non-hydrogen) atoms. The van der Waals surface area contributed by atoms with Crippen LogP contribution in [-0.2, 0) is 16.3 Å². The summed E-state index contributed by atoms with van der Waals surface area (Å²) in [6.07, 6.45) is 1.41. The first-order valence-corrected chi connectivity index (χ1v) is 8.65. The maximum absolute atomic E-state index is 11.8. The summed E-state index contributed by atoms with van der Waals surface area (Å²) in [5.41, 5.74) is 6.92. The Morgan fingerprint density at radius 2 is 1.80 bits per heavy atom. The molecular weight excluding hydrogens is 274 g/mol. The molecule has 114 valence electrons. The minimum atomic E-state index is -2.98. The first-order valence-electron chi connectivity index (χ1n) is 6.93. The van der Waals surface area contributed by atoms with Crippen LogP contribution in [0, 0.1) is 5.92 Å². The largest absolute Gasteiger partial charge is 0.497 e. The Hall–Kier alpha value is -1.07. The molecule has 0 saturated heterocycles. The molecule has 0 amide bonds. The number of ether oxygens (including phenoxy) is 1. The Bertz CT molecular complexity index is 494. The van der Waals surface area contributed by atoms with Crippen molar-refractivity contribution in [2.75, 3.05) is 19.4 Å². The van der Waals surface area contributed by atoms with Crippen LogP contribution in [0.1, 0.15) is 25.8 Å². The molecule has 0 aliphatic heterocycles. The van der Waals surface area contributed by atoms with E-state index in [0.29, 0.717) is 13.0 Å². The van der Waals surface area contributed by atoms with Gasteiger partial charge in [-0.05, 0) is 56.8 Å². The van der Waals surface area contributed by atoms with Crippen molar-refractivity contribution >= 4 is 9.84 Å². The van der Waals surface area contributed by atoms with Crippen LogP contribution in [0.4, 0.5) is 0 Å². The summed E-state index contributed by atoms with van der Waals surface area (Å²) in [5.74, 6) is 1.22. The normalized spacial score (nSPS) is 13.4. The fourth-order valence-corrected chi connectivity index (χ4v) is 3.10. The van der Waals surface area contributed by atoms with Crippen LogP contribution in [-0.4, -0.2) is 33.1 Å². The van der Waals surface area contributed by atoms with E-state index in [-0.39, 0.29) is 16.9 Å². The third-order valence-corrected chi connectivity index (χ3v) is 5.79.